The van der Waals surface area contributed by atoms with E-state index in [0.717, 1.165) is 38.4 Å². The van der Waals surface area contributed by atoms with E-state index in [0.29, 0.717) is 11.7 Å². The topological polar surface area (TPSA) is 86.4 Å². The second-order valence-electron chi connectivity index (χ2n) is 4.60. The van der Waals surface area contributed by atoms with E-state index in [1.54, 1.807) is 0 Å². The number of nitrogens with zero attached hydrogens (tertiary/aromatic N) is 2. The van der Waals surface area contributed by atoms with Gasteiger partial charge in [-0.05, 0) is 6.92 Å². The second-order valence-corrected chi connectivity index (χ2v) is 5.45. The molecule has 3 N–H and O–H groups in total. The predicted molar refractivity (Wildman–Crippen MR) is 77.8 cm³/mol. The van der Waals surface area contributed by atoms with Crippen LogP contribution in [0.15, 0.2) is 5.38 Å². The molecule has 0 unspecified atom stereocenters. The number of carbonyl (C=O) groups excluding carboxylic acids is 2. The number of amides is 2. The second kappa shape index (κ2) is 7.32. The number of hydrogen-bond donors (Lipinski definition) is 3. The zero-order chi connectivity index (χ0) is 14.4. The highest BCUT2D eigenvalue weighted by molar-refractivity contribution is 7.14. The van der Waals surface area contributed by atoms with Gasteiger partial charge in [-0.1, -0.05) is 0 Å². The number of aryl methyl sites for hydroxylation is 1. The van der Waals surface area contributed by atoms with Gasteiger partial charge in [0.05, 0.1) is 5.69 Å². The van der Waals surface area contributed by atoms with Crippen molar-refractivity contribution in [3.05, 3.63) is 11.1 Å². The molecule has 0 spiro atoms. The van der Waals surface area contributed by atoms with Crippen molar-refractivity contribution in [2.24, 2.45) is 0 Å². The van der Waals surface area contributed by atoms with Crippen LogP contribution in [0.25, 0.3) is 0 Å². The lowest BCUT2D eigenvalue weighted by Crippen LogP contribution is -2.47. The fourth-order valence-electron chi connectivity index (χ4n) is 1.91. The molecule has 0 bridgehead atoms. The maximum atomic E-state index is 11.6. The van der Waals surface area contributed by atoms with Crippen molar-refractivity contribution >= 4 is 28.3 Å². The fourth-order valence-corrected chi connectivity index (χ4v) is 2.59. The molecular weight excluding hydrogens is 278 g/mol. The number of nitrogens with one attached hydrogen (secondary N) is 3. The van der Waals surface area contributed by atoms with Gasteiger partial charge in [0, 0.05) is 44.6 Å². The van der Waals surface area contributed by atoms with Crippen molar-refractivity contribution in [2.75, 3.05) is 44.6 Å². The van der Waals surface area contributed by atoms with Gasteiger partial charge in [-0.3, -0.25) is 19.8 Å². The quantitative estimate of drug-likeness (QED) is 0.647. The lowest BCUT2D eigenvalue weighted by Gasteiger charge is -2.26. The van der Waals surface area contributed by atoms with Gasteiger partial charge in [0.15, 0.2) is 5.13 Å². The first-order valence-electron chi connectivity index (χ1n) is 6.59. The van der Waals surface area contributed by atoms with Crippen LogP contribution in [-0.4, -0.2) is 61.0 Å². The predicted octanol–water partition coefficient (Wildman–Crippen LogP) is -0.589. The zero-order valence-electron chi connectivity index (χ0n) is 11.4. The van der Waals surface area contributed by atoms with E-state index < -0.39 is 11.8 Å². The standard InChI is InChI=1S/C12H19N5O2S/c1-9-8-20-12(15-9)16-11(19)10(18)14-4-7-17-5-2-13-3-6-17/h8,13H,2-7H2,1H3,(H,14,18)(H,15,16,19). The van der Waals surface area contributed by atoms with E-state index in [9.17, 15) is 9.59 Å². The van der Waals surface area contributed by atoms with E-state index in [4.69, 9.17) is 0 Å². The summed E-state index contributed by atoms with van der Waals surface area (Å²) in [6.45, 7) is 6.95. The number of aromatic nitrogens is 1. The van der Waals surface area contributed by atoms with E-state index in [-0.39, 0.29) is 0 Å². The number of piperazine rings is 1. The zero-order valence-corrected chi connectivity index (χ0v) is 12.3. The van der Waals surface area contributed by atoms with Crippen molar-refractivity contribution < 1.29 is 9.59 Å². The van der Waals surface area contributed by atoms with Crippen molar-refractivity contribution in [3.63, 3.8) is 0 Å². The molecule has 110 valence electrons. The normalized spacial score (nSPS) is 15.8. The van der Waals surface area contributed by atoms with Crippen LogP contribution in [-0.2, 0) is 9.59 Å². The smallest absolute Gasteiger partial charge is 0.315 e. The van der Waals surface area contributed by atoms with Gasteiger partial charge in [-0.25, -0.2) is 4.98 Å². The number of hydrogen-bond acceptors (Lipinski definition) is 6. The van der Waals surface area contributed by atoms with Crippen LogP contribution in [0.2, 0.25) is 0 Å². The molecular formula is C12H19N5O2S. The Hall–Kier alpha value is -1.51. The molecule has 0 aliphatic carbocycles. The molecule has 0 aromatic carbocycles. The molecule has 2 heterocycles. The van der Waals surface area contributed by atoms with Crippen molar-refractivity contribution in [3.8, 4) is 0 Å². The first-order valence-corrected chi connectivity index (χ1v) is 7.47. The Morgan fingerprint density at radius 1 is 1.40 bits per heavy atom. The van der Waals surface area contributed by atoms with Crippen LogP contribution in [0.1, 0.15) is 5.69 Å². The van der Waals surface area contributed by atoms with Crippen molar-refractivity contribution in [2.45, 2.75) is 6.92 Å². The molecule has 0 atom stereocenters. The van der Waals surface area contributed by atoms with Gasteiger partial charge >= 0.3 is 11.8 Å². The monoisotopic (exact) mass is 297 g/mol. The minimum Gasteiger partial charge on any atom is -0.347 e. The number of anilines is 1. The Morgan fingerprint density at radius 3 is 2.80 bits per heavy atom. The summed E-state index contributed by atoms with van der Waals surface area (Å²) in [6.07, 6.45) is 0. The summed E-state index contributed by atoms with van der Waals surface area (Å²) in [6, 6.07) is 0. The summed E-state index contributed by atoms with van der Waals surface area (Å²) >= 11 is 1.30. The molecule has 1 fully saturated rings. The van der Waals surface area contributed by atoms with Gasteiger partial charge in [0.1, 0.15) is 0 Å². The van der Waals surface area contributed by atoms with Crippen molar-refractivity contribution in [1.82, 2.24) is 20.5 Å². The van der Waals surface area contributed by atoms with Gasteiger partial charge in [-0.15, -0.1) is 11.3 Å². The summed E-state index contributed by atoms with van der Waals surface area (Å²) in [4.78, 5) is 29.6. The fraction of sp³-hybridized carbons (Fsp3) is 0.583. The molecule has 2 rings (SSSR count). The first-order chi connectivity index (χ1) is 9.65. The molecule has 20 heavy (non-hydrogen) atoms. The van der Waals surface area contributed by atoms with Crippen molar-refractivity contribution in [1.29, 1.82) is 0 Å². The van der Waals surface area contributed by atoms with Gasteiger partial charge in [-0.2, -0.15) is 0 Å². The van der Waals surface area contributed by atoms with Crippen LogP contribution in [0, 0.1) is 6.92 Å². The lowest BCUT2D eigenvalue weighted by atomic mass is 10.3. The van der Waals surface area contributed by atoms with Gasteiger partial charge in [0.2, 0.25) is 0 Å². The SMILES string of the molecule is Cc1csc(NC(=O)C(=O)NCCN2CCNCC2)n1. The molecule has 1 aliphatic rings. The molecule has 7 nitrogen and oxygen atoms in total. The summed E-state index contributed by atoms with van der Waals surface area (Å²) in [5.74, 6) is -1.28. The lowest BCUT2D eigenvalue weighted by molar-refractivity contribution is -0.136. The summed E-state index contributed by atoms with van der Waals surface area (Å²) in [5.41, 5.74) is 0.824. The van der Waals surface area contributed by atoms with Crippen LogP contribution in [0.4, 0.5) is 5.13 Å². The Balaban J connectivity index is 1.67. The Morgan fingerprint density at radius 2 is 2.15 bits per heavy atom. The van der Waals surface area contributed by atoms with Gasteiger partial charge in [0.25, 0.3) is 0 Å². The Kier molecular flexibility index (Phi) is 5.45. The number of rotatable bonds is 4. The average Bonchev–Trinajstić information content (AvgIpc) is 2.85. The highest BCUT2D eigenvalue weighted by Gasteiger charge is 2.15. The largest absolute Gasteiger partial charge is 0.347 e. The molecule has 0 saturated carbocycles. The third-order valence-electron chi connectivity index (χ3n) is 2.97. The minimum atomic E-state index is -0.667. The van der Waals surface area contributed by atoms with Crippen LogP contribution < -0.4 is 16.0 Å². The highest BCUT2D eigenvalue weighted by atomic mass is 32.1. The molecule has 0 radical (unpaired) electrons. The van der Waals surface area contributed by atoms with E-state index in [2.05, 4.69) is 25.8 Å². The summed E-state index contributed by atoms with van der Waals surface area (Å²) in [5, 5.41) is 10.6. The molecule has 1 saturated heterocycles. The third-order valence-corrected chi connectivity index (χ3v) is 3.84. The maximum Gasteiger partial charge on any atom is 0.315 e. The summed E-state index contributed by atoms with van der Waals surface area (Å²) in [7, 11) is 0. The highest BCUT2D eigenvalue weighted by Crippen LogP contribution is 2.13. The molecule has 8 heteroatoms. The van der Waals surface area contributed by atoms with E-state index in [1.165, 1.54) is 11.3 Å². The maximum absolute atomic E-state index is 11.6. The first kappa shape index (κ1) is 14.9. The minimum absolute atomic E-state index is 0.449. The molecule has 1 aromatic rings. The Bertz CT molecular complexity index is 470. The molecule has 1 aromatic heterocycles. The molecule has 1 aliphatic heterocycles. The summed E-state index contributed by atoms with van der Waals surface area (Å²) < 4.78 is 0. The van der Waals surface area contributed by atoms with Crippen LogP contribution in [0.3, 0.4) is 0 Å². The molecule has 2 amide bonds. The number of carbonyl (C=O) groups is 2. The van der Waals surface area contributed by atoms with Crippen LogP contribution >= 0.6 is 11.3 Å². The number of thiazole rings is 1. The average molecular weight is 297 g/mol. The van der Waals surface area contributed by atoms with Gasteiger partial charge < -0.3 is 10.6 Å². The third kappa shape index (κ3) is 4.55. The van der Waals surface area contributed by atoms with E-state index in [1.807, 2.05) is 12.3 Å². The van der Waals surface area contributed by atoms with E-state index >= 15 is 0 Å². The van der Waals surface area contributed by atoms with Crippen LogP contribution in [0.5, 0.6) is 0 Å². The Labute approximate surface area is 121 Å².